The third-order valence-electron chi connectivity index (χ3n) is 3.67. The first-order valence-electron chi connectivity index (χ1n) is 7.14. The summed E-state index contributed by atoms with van der Waals surface area (Å²) in [6.07, 6.45) is 9.63. The van der Waals surface area contributed by atoms with Crippen molar-refractivity contribution in [2.24, 2.45) is 0 Å². The molecular formula is C16H24Cl2N2. The van der Waals surface area contributed by atoms with Gasteiger partial charge < -0.3 is 4.90 Å². The number of allylic oxidation sites excluding steroid dienone is 1. The number of halogens is 2. The largest absolute Gasteiger partial charge is 0.305 e. The Morgan fingerprint density at radius 2 is 1.80 bits per heavy atom. The van der Waals surface area contributed by atoms with Crippen LogP contribution in [0.25, 0.3) is 5.57 Å². The SMILES string of the molecule is CN(C)CC1=C(c2ccc(Cl)nc2)CCCCCC1.Cl. The van der Waals surface area contributed by atoms with Crippen LogP contribution in [0.5, 0.6) is 0 Å². The molecule has 0 atom stereocenters. The van der Waals surface area contributed by atoms with Gasteiger partial charge in [-0.25, -0.2) is 4.98 Å². The van der Waals surface area contributed by atoms with E-state index in [1.165, 1.54) is 49.7 Å². The first-order valence-corrected chi connectivity index (χ1v) is 7.52. The van der Waals surface area contributed by atoms with Crippen molar-refractivity contribution < 1.29 is 0 Å². The molecule has 0 radical (unpaired) electrons. The predicted octanol–water partition coefficient (Wildman–Crippen LogP) is 4.83. The zero-order chi connectivity index (χ0) is 13.7. The van der Waals surface area contributed by atoms with Crippen molar-refractivity contribution in [1.29, 1.82) is 0 Å². The summed E-state index contributed by atoms with van der Waals surface area (Å²) in [5.74, 6) is 0. The Balaban J connectivity index is 0.00000200. The zero-order valence-electron chi connectivity index (χ0n) is 12.4. The molecule has 0 bridgehead atoms. The molecule has 112 valence electrons. The second-order valence-corrected chi connectivity index (χ2v) is 5.99. The third kappa shape index (κ3) is 5.08. The first-order chi connectivity index (χ1) is 9.16. The summed E-state index contributed by atoms with van der Waals surface area (Å²) >= 11 is 5.89. The lowest BCUT2D eigenvalue weighted by atomic mass is 9.89. The molecule has 0 fully saturated rings. The van der Waals surface area contributed by atoms with Crippen molar-refractivity contribution >= 4 is 29.6 Å². The number of pyridine rings is 1. The summed E-state index contributed by atoms with van der Waals surface area (Å²) in [5, 5.41) is 0.573. The Kier molecular flexibility index (Phi) is 7.57. The maximum atomic E-state index is 5.89. The summed E-state index contributed by atoms with van der Waals surface area (Å²) in [4.78, 5) is 6.50. The van der Waals surface area contributed by atoms with Crippen LogP contribution < -0.4 is 0 Å². The van der Waals surface area contributed by atoms with Gasteiger partial charge in [0, 0.05) is 12.7 Å². The van der Waals surface area contributed by atoms with Gasteiger partial charge in [0.1, 0.15) is 5.15 Å². The minimum atomic E-state index is 0. The van der Waals surface area contributed by atoms with Crippen LogP contribution in [0, 0.1) is 0 Å². The van der Waals surface area contributed by atoms with Crippen molar-refractivity contribution in [2.75, 3.05) is 20.6 Å². The van der Waals surface area contributed by atoms with Gasteiger partial charge in [0.2, 0.25) is 0 Å². The number of hydrogen-bond donors (Lipinski definition) is 0. The molecule has 4 heteroatoms. The number of nitrogens with zero attached hydrogens (tertiary/aromatic N) is 2. The lowest BCUT2D eigenvalue weighted by molar-refractivity contribution is 0.435. The molecule has 1 aromatic heterocycles. The van der Waals surface area contributed by atoms with Crippen LogP contribution in [0.2, 0.25) is 5.15 Å². The van der Waals surface area contributed by atoms with Crippen LogP contribution in [0.3, 0.4) is 0 Å². The molecule has 0 amide bonds. The third-order valence-corrected chi connectivity index (χ3v) is 3.89. The Labute approximate surface area is 133 Å². The molecule has 0 unspecified atom stereocenters. The van der Waals surface area contributed by atoms with E-state index in [1.807, 2.05) is 12.3 Å². The van der Waals surface area contributed by atoms with Crippen LogP contribution in [0.4, 0.5) is 0 Å². The summed E-state index contributed by atoms with van der Waals surface area (Å²) in [5.41, 5.74) is 4.33. The molecule has 2 nitrogen and oxygen atoms in total. The lowest BCUT2D eigenvalue weighted by Crippen LogP contribution is -2.17. The molecular weight excluding hydrogens is 291 g/mol. The average Bonchev–Trinajstić information content (AvgIpc) is 2.34. The fraction of sp³-hybridized carbons (Fsp3) is 0.562. The highest BCUT2D eigenvalue weighted by Crippen LogP contribution is 2.30. The van der Waals surface area contributed by atoms with Gasteiger partial charge in [-0.1, -0.05) is 36.1 Å². The van der Waals surface area contributed by atoms with Crippen molar-refractivity contribution in [3.8, 4) is 0 Å². The van der Waals surface area contributed by atoms with E-state index in [-0.39, 0.29) is 12.4 Å². The van der Waals surface area contributed by atoms with Crippen molar-refractivity contribution in [3.63, 3.8) is 0 Å². The van der Waals surface area contributed by atoms with Crippen LogP contribution in [-0.2, 0) is 0 Å². The summed E-state index contributed by atoms with van der Waals surface area (Å²) < 4.78 is 0. The van der Waals surface area contributed by atoms with E-state index in [9.17, 15) is 0 Å². The van der Waals surface area contributed by atoms with Crippen LogP contribution in [0.15, 0.2) is 23.9 Å². The topological polar surface area (TPSA) is 16.1 Å². The molecule has 0 N–H and O–H groups in total. The first kappa shape index (κ1) is 17.5. The van der Waals surface area contributed by atoms with Gasteiger partial charge in [0.15, 0.2) is 0 Å². The van der Waals surface area contributed by atoms with Gasteiger partial charge in [-0.15, -0.1) is 12.4 Å². The van der Waals surface area contributed by atoms with Crippen LogP contribution in [-0.4, -0.2) is 30.5 Å². The average molecular weight is 315 g/mol. The Hall–Kier alpha value is -0.570. The van der Waals surface area contributed by atoms with Crippen LogP contribution >= 0.6 is 24.0 Å². The highest BCUT2D eigenvalue weighted by molar-refractivity contribution is 6.29. The molecule has 0 saturated heterocycles. The molecule has 20 heavy (non-hydrogen) atoms. The van der Waals surface area contributed by atoms with Crippen LogP contribution in [0.1, 0.15) is 44.1 Å². The Morgan fingerprint density at radius 3 is 2.40 bits per heavy atom. The molecule has 2 rings (SSSR count). The van der Waals surface area contributed by atoms with Gasteiger partial charge in [-0.3, -0.25) is 0 Å². The Morgan fingerprint density at radius 1 is 1.10 bits per heavy atom. The second kappa shape index (κ2) is 8.66. The maximum Gasteiger partial charge on any atom is 0.129 e. The highest BCUT2D eigenvalue weighted by Gasteiger charge is 2.13. The van der Waals surface area contributed by atoms with Gasteiger partial charge in [-0.2, -0.15) is 0 Å². The summed E-state index contributed by atoms with van der Waals surface area (Å²) in [6, 6.07) is 4.01. The van der Waals surface area contributed by atoms with Crippen molar-refractivity contribution in [1.82, 2.24) is 9.88 Å². The molecule has 0 aromatic carbocycles. The van der Waals surface area contributed by atoms with Gasteiger partial charge in [-0.05, 0) is 57.0 Å². The summed E-state index contributed by atoms with van der Waals surface area (Å²) in [7, 11) is 4.28. The van der Waals surface area contributed by atoms with Crippen molar-refractivity contribution in [2.45, 2.75) is 38.5 Å². The zero-order valence-corrected chi connectivity index (χ0v) is 13.9. The van der Waals surface area contributed by atoms with E-state index in [1.54, 1.807) is 5.57 Å². The fourth-order valence-corrected chi connectivity index (χ4v) is 2.89. The minimum absolute atomic E-state index is 0. The fourth-order valence-electron chi connectivity index (χ4n) is 2.78. The van der Waals surface area contributed by atoms with Gasteiger partial charge >= 0.3 is 0 Å². The number of hydrogen-bond acceptors (Lipinski definition) is 2. The highest BCUT2D eigenvalue weighted by atomic mass is 35.5. The summed E-state index contributed by atoms with van der Waals surface area (Å²) in [6.45, 7) is 1.05. The number of aromatic nitrogens is 1. The number of rotatable bonds is 3. The van der Waals surface area contributed by atoms with E-state index in [4.69, 9.17) is 11.6 Å². The molecule has 1 aliphatic rings. The second-order valence-electron chi connectivity index (χ2n) is 5.60. The quantitative estimate of drug-likeness (QED) is 0.743. The van der Waals surface area contributed by atoms with Crippen molar-refractivity contribution in [3.05, 3.63) is 34.6 Å². The van der Waals surface area contributed by atoms with Gasteiger partial charge in [0.05, 0.1) is 0 Å². The molecule has 1 heterocycles. The smallest absolute Gasteiger partial charge is 0.129 e. The molecule has 1 aliphatic carbocycles. The standard InChI is InChI=1S/C16H23ClN2.ClH/c1-19(2)12-14-7-5-3-4-6-8-15(14)13-9-10-16(17)18-11-13;/h9-11H,3-8,12H2,1-2H3;1H. The van der Waals surface area contributed by atoms with E-state index in [2.05, 4.69) is 30.0 Å². The molecule has 1 aromatic rings. The molecule has 0 saturated carbocycles. The lowest BCUT2D eigenvalue weighted by Gasteiger charge is -2.21. The minimum Gasteiger partial charge on any atom is -0.305 e. The Bertz CT molecular complexity index is 438. The molecule has 0 spiro atoms. The van der Waals surface area contributed by atoms with E-state index in [0.29, 0.717) is 5.15 Å². The maximum absolute atomic E-state index is 5.89. The molecule has 0 aliphatic heterocycles. The number of likely N-dealkylation sites (N-methyl/N-ethyl adjacent to an activating group) is 1. The monoisotopic (exact) mass is 314 g/mol. The van der Waals surface area contributed by atoms with Gasteiger partial charge in [0.25, 0.3) is 0 Å². The normalized spacial score (nSPS) is 16.6. The van der Waals surface area contributed by atoms with E-state index in [0.717, 1.165) is 6.54 Å². The van der Waals surface area contributed by atoms with E-state index < -0.39 is 0 Å². The predicted molar refractivity (Wildman–Crippen MR) is 89.7 cm³/mol. The van der Waals surface area contributed by atoms with E-state index >= 15 is 0 Å².